The van der Waals surface area contributed by atoms with Crippen LogP contribution in [0.25, 0.3) is 0 Å². The molecule has 0 spiro atoms. The van der Waals surface area contributed by atoms with Gasteiger partial charge in [-0.15, -0.1) is 11.8 Å². The number of benzene rings is 3. The van der Waals surface area contributed by atoms with E-state index in [1.807, 2.05) is 54.6 Å². The zero-order valence-corrected chi connectivity index (χ0v) is 19.8. The monoisotopic (exact) mass is 477 g/mol. The van der Waals surface area contributed by atoms with Crippen molar-refractivity contribution in [1.29, 1.82) is 0 Å². The van der Waals surface area contributed by atoms with Gasteiger partial charge in [-0.2, -0.15) is 0 Å². The van der Waals surface area contributed by atoms with Crippen molar-refractivity contribution in [2.75, 3.05) is 54.7 Å². The molecule has 7 nitrogen and oxygen atoms in total. The van der Waals surface area contributed by atoms with Gasteiger partial charge in [-0.25, -0.2) is 0 Å². The van der Waals surface area contributed by atoms with E-state index in [0.717, 1.165) is 42.6 Å². The number of hydrogen-bond acceptors (Lipinski definition) is 6. The van der Waals surface area contributed by atoms with Crippen LogP contribution in [0.5, 0.6) is 5.75 Å². The van der Waals surface area contributed by atoms with Crippen LogP contribution in [0, 0.1) is 0 Å². The molecular weight excluding hydrogens is 450 g/mol. The Morgan fingerprint density at radius 1 is 0.941 bits per heavy atom. The summed E-state index contributed by atoms with van der Waals surface area (Å²) in [6.45, 7) is 3.18. The smallest absolute Gasteiger partial charge is 0.256 e. The minimum atomic E-state index is -0.213. The van der Waals surface area contributed by atoms with Crippen molar-refractivity contribution < 1.29 is 19.1 Å². The van der Waals surface area contributed by atoms with Gasteiger partial charge in [-0.1, -0.05) is 18.2 Å². The van der Waals surface area contributed by atoms with Gasteiger partial charge in [0.25, 0.3) is 5.91 Å². The standard InChI is InChI=1S/C26H27N3O4S/c1-32-22-6-4-5-20(17-22)27-25(30)18-34-24-8-3-2-7-23(24)26(31)28-19-9-11-21(12-10-19)29-13-15-33-16-14-29/h2-12,17H,13-16,18H2,1H3,(H,27,30)(H,28,31). The molecule has 0 aromatic heterocycles. The fourth-order valence-corrected chi connectivity index (χ4v) is 4.45. The lowest BCUT2D eigenvalue weighted by molar-refractivity contribution is -0.113. The molecule has 1 aliphatic heterocycles. The van der Waals surface area contributed by atoms with E-state index in [-0.39, 0.29) is 17.6 Å². The molecule has 3 aromatic carbocycles. The second-order valence-electron chi connectivity index (χ2n) is 7.67. The summed E-state index contributed by atoms with van der Waals surface area (Å²) >= 11 is 1.32. The third-order valence-electron chi connectivity index (χ3n) is 5.35. The van der Waals surface area contributed by atoms with Crippen LogP contribution in [0.2, 0.25) is 0 Å². The predicted molar refractivity (Wildman–Crippen MR) is 136 cm³/mol. The number of thioether (sulfide) groups is 1. The van der Waals surface area contributed by atoms with Crippen LogP contribution in [0.1, 0.15) is 10.4 Å². The average Bonchev–Trinajstić information content (AvgIpc) is 2.88. The summed E-state index contributed by atoms with van der Waals surface area (Å²) < 4.78 is 10.6. The number of carbonyl (C=O) groups excluding carboxylic acids is 2. The van der Waals surface area contributed by atoms with E-state index in [9.17, 15) is 9.59 Å². The number of hydrogen-bond donors (Lipinski definition) is 2. The zero-order valence-electron chi connectivity index (χ0n) is 19.0. The molecule has 1 aliphatic rings. The lowest BCUT2D eigenvalue weighted by Crippen LogP contribution is -2.36. The maximum Gasteiger partial charge on any atom is 0.256 e. The number of morpholine rings is 1. The lowest BCUT2D eigenvalue weighted by atomic mass is 10.2. The summed E-state index contributed by atoms with van der Waals surface area (Å²) in [4.78, 5) is 28.4. The van der Waals surface area contributed by atoms with Crippen LogP contribution in [0.4, 0.5) is 17.1 Å². The molecular formula is C26H27N3O4S. The zero-order chi connectivity index (χ0) is 23.8. The van der Waals surface area contributed by atoms with E-state index in [4.69, 9.17) is 9.47 Å². The third kappa shape index (κ3) is 6.30. The Bertz CT molecular complexity index is 1130. The van der Waals surface area contributed by atoms with Crippen LogP contribution in [-0.2, 0) is 9.53 Å². The number of carbonyl (C=O) groups is 2. The molecule has 1 heterocycles. The van der Waals surface area contributed by atoms with Gasteiger partial charge in [-0.3, -0.25) is 9.59 Å². The highest BCUT2D eigenvalue weighted by molar-refractivity contribution is 8.00. The van der Waals surface area contributed by atoms with Crippen LogP contribution >= 0.6 is 11.8 Å². The van der Waals surface area contributed by atoms with Crippen LogP contribution in [0.15, 0.2) is 77.7 Å². The van der Waals surface area contributed by atoms with Gasteiger partial charge in [0, 0.05) is 41.1 Å². The maximum atomic E-state index is 13.0. The largest absolute Gasteiger partial charge is 0.497 e. The first-order chi connectivity index (χ1) is 16.6. The van der Waals surface area contributed by atoms with Crippen molar-refractivity contribution in [2.45, 2.75) is 4.90 Å². The third-order valence-corrected chi connectivity index (χ3v) is 6.42. The van der Waals surface area contributed by atoms with E-state index < -0.39 is 0 Å². The highest BCUT2D eigenvalue weighted by Gasteiger charge is 2.15. The van der Waals surface area contributed by atoms with E-state index in [1.54, 1.807) is 25.3 Å². The van der Waals surface area contributed by atoms with Gasteiger partial charge < -0.3 is 25.0 Å². The summed E-state index contributed by atoms with van der Waals surface area (Å²) in [6.07, 6.45) is 0. The molecule has 0 atom stereocenters. The molecule has 176 valence electrons. The Balaban J connectivity index is 1.35. The molecule has 8 heteroatoms. The Labute approximate surface area is 203 Å². The first-order valence-electron chi connectivity index (χ1n) is 11.0. The highest BCUT2D eigenvalue weighted by atomic mass is 32.2. The number of nitrogens with zero attached hydrogens (tertiary/aromatic N) is 1. The minimum Gasteiger partial charge on any atom is -0.497 e. The normalized spacial score (nSPS) is 13.3. The number of methoxy groups -OCH3 is 1. The molecule has 1 fully saturated rings. The van der Waals surface area contributed by atoms with Gasteiger partial charge in [-0.05, 0) is 48.5 Å². The van der Waals surface area contributed by atoms with E-state index >= 15 is 0 Å². The van der Waals surface area contributed by atoms with Crippen molar-refractivity contribution in [3.8, 4) is 5.75 Å². The Morgan fingerprint density at radius 2 is 1.71 bits per heavy atom. The summed E-state index contributed by atoms with van der Waals surface area (Å²) in [6, 6.07) is 22.3. The van der Waals surface area contributed by atoms with Crippen LogP contribution in [-0.4, -0.2) is 51.0 Å². The molecule has 1 saturated heterocycles. The first kappa shape index (κ1) is 23.7. The highest BCUT2D eigenvalue weighted by Crippen LogP contribution is 2.25. The summed E-state index contributed by atoms with van der Waals surface area (Å²) in [5.41, 5.74) is 3.02. The Kier molecular flexibility index (Phi) is 8.06. The maximum absolute atomic E-state index is 13.0. The number of amides is 2. The molecule has 0 bridgehead atoms. The van der Waals surface area contributed by atoms with E-state index in [1.165, 1.54) is 11.8 Å². The summed E-state index contributed by atoms with van der Waals surface area (Å²) in [5, 5.41) is 5.81. The number of nitrogens with one attached hydrogen (secondary N) is 2. The first-order valence-corrected chi connectivity index (χ1v) is 12.0. The van der Waals surface area contributed by atoms with Crippen molar-refractivity contribution in [3.63, 3.8) is 0 Å². The summed E-state index contributed by atoms with van der Waals surface area (Å²) in [7, 11) is 1.58. The van der Waals surface area contributed by atoms with Gasteiger partial charge in [0.15, 0.2) is 0 Å². The molecule has 3 aromatic rings. The lowest BCUT2D eigenvalue weighted by Gasteiger charge is -2.28. The fraction of sp³-hybridized carbons (Fsp3) is 0.231. The number of rotatable bonds is 8. The minimum absolute atomic E-state index is 0.160. The van der Waals surface area contributed by atoms with Crippen molar-refractivity contribution in [2.24, 2.45) is 0 Å². The van der Waals surface area contributed by atoms with Gasteiger partial charge >= 0.3 is 0 Å². The van der Waals surface area contributed by atoms with Crippen LogP contribution in [0.3, 0.4) is 0 Å². The van der Waals surface area contributed by atoms with Crippen molar-refractivity contribution in [1.82, 2.24) is 0 Å². The topological polar surface area (TPSA) is 79.9 Å². The van der Waals surface area contributed by atoms with Gasteiger partial charge in [0.1, 0.15) is 5.75 Å². The van der Waals surface area contributed by atoms with Crippen molar-refractivity contribution in [3.05, 3.63) is 78.4 Å². The molecule has 34 heavy (non-hydrogen) atoms. The molecule has 4 rings (SSSR count). The van der Waals surface area contributed by atoms with E-state index in [2.05, 4.69) is 15.5 Å². The van der Waals surface area contributed by atoms with Gasteiger partial charge in [0.2, 0.25) is 5.91 Å². The molecule has 2 amide bonds. The van der Waals surface area contributed by atoms with E-state index in [0.29, 0.717) is 17.0 Å². The Hall–Kier alpha value is -3.49. The summed E-state index contributed by atoms with van der Waals surface area (Å²) in [5.74, 6) is 0.475. The second-order valence-corrected chi connectivity index (χ2v) is 8.68. The van der Waals surface area contributed by atoms with Crippen LogP contribution < -0.4 is 20.3 Å². The number of ether oxygens (including phenoxy) is 2. The van der Waals surface area contributed by atoms with Gasteiger partial charge in [0.05, 0.1) is 31.6 Å². The average molecular weight is 478 g/mol. The van der Waals surface area contributed by atoms with Crippen molar-refractivity contribution >= 4 is 40.6 Å². The molecule has 0 saturated carbocycles. The Morgan fingerprint density at radius 3 is 2.47 bits per heavy atom. The fourth-order valence-electron chi connectivity index (χ4n) is 3.60. The second kappa shape index (κ2) is 11.6. The number of anilines is 3. The SMILES string of the molecule is COc1cccc(NC(=O)CSc2ccccc2C(=O)Nc2ccc(N3CCOCC3)cc2)c1. The quantitative estimate of drug-likeness (QED) is 0.465. The molecule has 2 N–H and O–H groups in total. The molecule has 0 radical (unpaired) electrons. The molecule has 0 aliphatic carbocycles. The molecule has 0 unspecified atom stereocenters. The predicted octanol–water partition coefficient (Wildman–Crippen LogP) is 4.51.